The van der Waals surface area contributed by atoms with Crippen LogP contribution in [0.5, 0.6) is 0 Å². The van der Waals surface area contributed by atoms with Crippen LogP contribution in [-0.2, 0) is 9.53 Å². The summed E-state index contributed by atoms with van der Waals surface area (Å²) in [6.07, 6.45) is 8.53. The van der Waals surface area contributed by atoms with Gasteiger partial charge in [0, 0.05) is 0 Å². The zero-order valence-electron chi connectivity index (χ0n) is 9.95. The highest BCUT2D eigenvalue weighted by Gasteiger charge is 2.61. The van der Waals surface area contributed by atoms with Gasteiger partial charge in [-0.15, -0.1) is 0 Å². The molecule has 0 aromatic carbocycles. The Hall–Kier alpha value is -0.530. The molecule has 0 N–H and O–H groups in total. The number of hydrogen-bond donors (Lipinski definition) is 0. The summed E-state index contributed by atoms with van der Waals surface area (Å²) < 4.78 is 5.20. The molecule has 4 bridgehead atoms. The number of esters is 1. The topological polar surface area (TPSA) is 26.3 Å². The summed E-state index contributed by atoms with van der Waals surface area (Å²) >= 11 is 0. The van der Waals surface area contributed by atoms with E-state index in [1.165, 1.54) is 38.5 Å². The van der Waals surface area contributed by atoms with Gasteiger partial charge in [-0.1, -0.05) is 0 Å². The first-order chi connectivity index (χ1) is 7.66. The van der Waals surface area contributed by atoms with E-state index in [1.807, 2.05) is 0 Å². The van der Waals surface area contributed by atoms with Crippen LogP contribution in [0.1, 0.15) is 45.4 Å². The minimum Gasteiger partial charge on any atom is -0.461 e. The molecule has 1 heterocycles. The molecule has 16 heavy (non-hydrogen) atoms. The van der Waals surface area contributed by atoms with Crippen molar-refractivity contribution >= 4 is 5.97 Å². The van der Waals surface area contributed by atoms with Crippen LogP contribution in [0.3, 0.4) is 0 Å². The molecular formula is C14H20O2. The lowest BCUT2D eigenvalue weighted by Crippen LogP contribution is -2.59. The molecule has 4 aliphatic carbocycles. The molecular weight excluding hydrogens is 200 g/mol. The molecule has 0 spiro atoms. The van der Waals surface area contributed by atoms with Crippen molar-refractivity contribution in [3.63, 3.8) is 0 Å². The second-order valence-corrected chi connectivity index (χ2v) is 6.90. The molecule has 4 saturated carbocycles. The zero-order chi connectivity index (χ0) is 10.9. The van der Waals surface area contributed by atoms with E-state index in [9.17, 15) is 4.79 Å². The van der Waals surface area contributed by atoms with Crippen molar-refractivity contribution in [1.82, 2.24) is 0 Å². The van der Waals surface area contributed by atoms with E-state index in [0.717, 1.165) is 17.8 Å². The maximum Gasteiger partial charge on any atom is 0.313 e. The van der Waals surface area contributed by atoms with E-state index in [-0.39, 0.29) is 18.0 Å². The fourth-order valence-electron chi connectivity index (χ4n) is 5.75. The lowest BCUT2D eigenvalue weighted by Gasteiger charge is -2.61. The molecule has 1 saturated heterocycles. The summed E-state index contributed by atoms with van der Waals surface area (Å²) in [5.74, 6) is 3.17. The van der Waals surface area contributed by atoms with E-state index >= 15 is 0 Å². The van der Waals surface area contributed by atoms with Gasteiger partial charge in [0.15, 0.2) is 0 Å². The van der Waals surface area contributed by atoms with Crippen LogP contribution in [0.25, 0.3) is 0 Å². The van der Waals surface area contributed by atoms with Crippen molar-refractivity contribution in [1.29, 1.82) is 0 Å². The number of carbonyl (C=O) groups excluding carboxylic acids is 1. The standard InChI is InChI=1S/C14H20O2/c1-8-12(13(15)16-8)14-5-9-2-10(6-14)4-11(3-9)7-14/h8-12H,2-7H2,1H3/t8-,9?,10?,11?,12-,14?/m1/s1. The normalized spacial score (nSPS) is 58.3. The van der Waals surface area contributed by atoms with Crippen molar-refractivity contribution in [3.05, 3.63) is 0 Å². The Bertz CT molecular complexity index is 311. The molecule has 5 fully saturated rings. The van der Waals surface area contributed by atoms with E-state index in [4.69, 9.17) is 4.74 Å². The van der Waals surface area contributed by atoms with Crippen molar-refractivity contribution in [2.24, 2.45) is 29.1 Å². The second-order valence-electron chi connectivity index (χ2n) is 6.90. The van der Waals surface area contributed by atoms with Gasteiger partial charge in [0.05, 0.1) is 5.92 Å². The molecule has 1 aliphatic heterocycles. The smallest absolute Gasteiger partial charge is 0.313 e. The summed E-state index contributed by atoms with van der Waals surface area (Å²) in [6, 6.07) is 0. The fourth-order valence-corrected chi connectivity index (χ4v) is 5.75. The van der Waals surface area contributed by atoms with Gasteiger partial charge in [0.25, 0.3) is 0 Å². The van der Waals surface area contributed by atoms with Crippen LogP contribution >= 0.6 is 0 Å². The third kappa shape index (κ3) is 1.06. The Morgan fingerprint density at radius 2 is 1.56 bits per heavy atom. The third-order valence-corrected chi connectivity index (χ3v) is 5.77. The zero-order valence-corrected chi connectivity index (χ0v) is 9.95. The SMILES string of the molecule is C[C@H]1OC(=O)[C@@H]1C12CC3CC(CC(C3)C1)C2. The lowest BCUT2D eigenvalue weighted by molar-refractivity contribution is -0.213. The van der Waals surface area contributed by atoms with Gasteiger partial charge in [-0.3, -0.25) is 4.79 Å². The Labute approximate surface area is 96.7 Å². The van der Waals surface area contributed by atoms with Crippen LogP contribution in [0.15, 0.2) is 0 Å². The molecule has 0 amide bonds. The van der Waals surface area contributed by atoms with Crippen LogP contribution in [-0.4, -0.2) is 12.1 Å². The van der Waals surface area contributed by atoms with Gasteiger partial charge < -0.3 is 4.74 Å². The first-order valence-corrected chi connectivity index (χ1v) is 6.87. The molecule has 0 aromatic heterocycles. The summed E-state index contributed by atoms with van der Waals surface area (Å²) in [6.45, 7) is 2.09. The average Bonchev–Trinajstić information content (AvgIpc) is 2.13. The molecule has 2 nitrogen and oxygen atoms in total. The van der Waals surface area contributed by atoms with E-state index in [1.54, 1.807) is 0 Å². The van der Waals surface area contributed by atoms with Crippen molar-refractivity contribution in [3.8, 4) is 0 Å². The average molecular weight is 220 g/mol. The van der Waals surface area contributed by atoms with Crippen molar-refractivity contribution in [2.45, 2.75) is 51.6 Å². The van der Waals surface area contributed by atoms with Gasteiger partial charge in [0.1, 0.15) is 6.10 Å². The molecule has 0 unspecified atom stereocenters. The molecule has 0 radical (unpaired) electrons. The largest absolute Gasteiger partial charge is 0.461 e. The van der Waals surface area contributed by atoms with Crippen LogP contribution in [0.4, 0.5) is 0 Å². The van der Waals surface area contributed by atoms with Crippen LogP contribution in [0.2, 0.25) is 0 Å². The second kappa shape index (κ2) is 2.83. The number of hydrogen-bond acceptors (Lipinski definition) is 2. The highest BCUT2D eigenvalue weighted by atomic mass is 16.6. The summed E-state index contributed by atoms with van der Waals surface area (Å²) in [7, 11) is 0. The maximum absolute atomic E-state index is 11.7. The Kier molecular flexibility index (Phi) is 1.68. The Balaban J connectivity index is 1.68. The maximum atomic E-state index is 11.7. The minimum atomic E-state index is 0.106. The molecule has 88 valence electrons. The molecule has 0 aromatic rings. The lowest BCUT2D eigenvalue weighted by atomic mass is 9.45. The quantitative estimate of drug-likeness (QED) is 0.635. The number of carbonyl (C=O) groups is 1. The Morgan fingerprint density at radius 3 is 1.94 bits per heavy atom. The predicted octanol–water partition coefficient (Wildman–Crippen LogP) is 2.76. The molecule has 5 aliphatic rings. The van der Waals surface area contributed by atoms with Gasteiger partial charge in [-0.05, 0) is 68.6 Å². The minimum absolute atomic E-state index is 0.106. The van der Waals surface area contributed by atoms with Crippen LogP contribution in [0, 0.1) is 29.1 Å². The summed E-state index contributed by atoms with van der Waals surface area (Å²) in [5, 5.41) is 0. The highest BCUT2D eigenvalue weighted by Crippen LogP contribution is 2.64. The van der Waals surface area contributed by atoms with Gasteiger partial charge in [-0.2, -0.15) is 0 Å². The van der Waals surface area contributed by atoms with Gasteiger partial charge >= 0.3 is 5.97 Å². The molecule has 2 atom stereocenters. The third-order valence-electron chi connectivity index (χ3n) is 5.77. The first kappa shape index (κ1) is 9.49. The van der Waals surface area contributed by atoms with E-state index in [2.05, 4.69) is 6.92 Å². The number of cyclic esters (lactones) is 1. The highest BCUT2D eigenvalue weighted by molar-refractivity contribution is 5.79. The summed E-state index contributed by atoms with van der Waals surface area (Å²) in [4.78, 5) is 11.7. The molecule has 5 rings (SSSR count). The van der Waals surface area contributed by atoms with Gasteiger partial charge in [0.2, 0.25) is 0 Å². The number of rotatable bonds is 1. The van der Waals surface area contributed by atoms with Crippen molar-refractivity contribution < 1.29 is 9.53 Å². The fraction of sp³-hybridized carbons (Fsp3) is 0.929. The van der Waals surface area contributed by atoms with Gasteiger partial charge in [-0.25, -0.2) is 0 Å². The van der Waals surface area contributed by atoms with Crippen molar-refractivity contribution in [2.75, 3.05) is 0 Å². The summed E-state index contributed by atoms with van der Waals surface area (Å²) in [5.41, 5.74) is 0.365. The predicted molar refractivity (Wildman–Crippen MR) is 59.6 cm³/mol. The van der Waals surface area contributed by atoms with Crippen LogP contribution < -0.4 is 0 Å². The number of ether oxygens (including phenoxy) is 1. The van der Waals surface area contributed by atoms with E-state index < -0.39 is 0 Å². The Morgan fingerprint density at radius 1 is 1.06 bits per heavy atom. The first-order valence-electron chi connectivity index (χ1n) is 6.87. The van der Waals surface area contributed by atoms with E-state index in [0.29, 0.717) is 5.41 Å². The molecule has 2 heteroatoms. The monoisotopic (exact) mass is 220 g/mol.